The zero-order valence-electron chi connectivity index (χ0n) is 19.6. The van der Waals surface area contributed by atoms with Gasteiger partial charge in [-0.05, 0) is 73.7 Å². The third-order valence-corrected chi connectivity index (χ3v) is 8.49. The lowest BCUT2D eigenvalue weighted by Crippen LogP contribution is -2.44. The molecule has 1 aliphatic rings. The fourth-order valence-corrected chi connectivity index (χ4v) is 6.38. The Balaban J connectivity index is 0.00000289. The minimum absolute atomic E-state index is 0. The first kappa shape index (κ1) is 25.6. The molecule has 2 heterocycles. The number of aromatic nitrogens is 1. The second-order valence-electron chi connectivity index (χ2n) is 8.90. The third-order valence-electron chi connectivity index (χ3n) is 6.83. The van der Waals surface area contributed by atoms with E-state index in [0.717, 1.165) is 52.5 Å². The van der Waals surface area contributed by atoms with Crippen molar-refractivity contribution in [2.75, 3.05) is 7.05 Å². The summed E-state index contributed by atoms with van der Waals surface area (Å²) in [7, 11) is 2.02. The maximum absolute atomic E-state index is 14.0. The summed E-state index contributed by atoms with van der Waals surface area (Å²) in [6, 6.07) is 21.2. The second-order valence-corrected chi connectivity index (χ2v) is 10.3. The maximum atomic E-state index is 14.0. The van der Waals surface area contributed by atoms with E-state index in [-0.39, 0.29) is 24.4 Å². The van der Waals surface area contributed by atoms with Gasteiger partial charge in [0.2, 0.25) is 0 Å². The molecule has 2 aromatic carbocycles. The lowest BCUT2D eigenvalue weighted by atomic mass is 9.89. The molecule has 1 aliphatic carbocycles. The van der Waals surface area contributed by atoms with Crippen molar-refractivity contribution in [1.82, 2.24) is 15.2 Å². The van der Waals surface area contributed by atoms with E-state index in [0.29, 0.717) is 22.5 Å². The van der Waals surface area contributed by atoms with Crippen LogP contribution >= 0.6 is 35.3 Å². The average Bonchev–Trinajstić information content (AvgIpc) is 3.24. The molecular formula is C28H29Cl2N3OS. The van der Waals surface area contributed by atoms with E-state index in [4.69, 9.17) is 11.6 Å². The van der Waals surface area contributed by atoms with Gasteiger partial charge in [-0.1, -0.05) is 48.0 Å². The Labute approximate surface area is 221 Å². The summed E-state index contributed by atoms with van der Waals surface area (Å²) in [5.74, 6) is 0.0356. The van der Waals surface area contributed by atoms with Crippen molar-refractivity contribution in [3.63, 3.8) is 0 Å². The summed E-state index contributed by atoms with van der Waals surface area (Å²) in [6.07, 6.45) is 7.74. The van der Waals surface area contributed by atoms with E-state index in [1.807, 2.05) is 55.8 Å². The Kier molecular flexibility index (Phi) is 8.45. The largest absolute Gasteiger partial charge is 0.331 e. The first-order chi connectivity index (χ1) is 16.6. The monoisotopic (exact) mass is 525 g/mol. The van der Waals surface area contributed by atoms with Crippen LogP contribution in [0.15, 0.2) is 73.1 Å². The molecule has 1 N–H and O–H groups in total. The number of benzene rings is 2. The molecule has 1 amide bonds. The number of carbonyl (C=O) groups excluding carboxylic acids is 1. The van der Waals surface area contributed by atoms with Gasteiger partial charge in [-0.25, -0.2) is 0 Å². The molecule has 0 radical (unpaired) electrons. The highest BCUT2D eigenvalue weighted by molar-refractivity contribution is 7.21. The number of thiophene rings is 1. The van der Waals surface area contributed by atoms with Crippen LogP contribution in [0.2, 0.25) is 5.02 Å². The number of pyridine rings is 1. The number of rotatable bonds is 6. The van der Waals surface area contributed by atoms with Gasteiger partial charge in [-0.15, -0.1) is 23.7 Å². The van der Waals surface area contributed by atoms with E-state index in [2.05, 4.69) is 39.5 Å². The first-order valence-corrected chi connectivity index (χ1v) is 13.0. The van der Waals surface area contributed by atoms with Crippen molar-refractivity contribution in [2.24, 2.45) is 0 Å². The van der Waals surface area contributed by atoms with Gasteiger partial charge in [0.1, 0.15) is 4.88 Å². The zero-order valence-corrected chi connectivity index (χ0v) is 22.0. The molecule has 35 heavy (non-hydrogen) atoms. The lowest BCUT2D eigenvalue weighted by molar-refractivity contribution is 0.0606. The number of nitrogens with zero attached hydrogens (tertiary/aromatic N) is 2. The van der Waals surface area contributed by atoms with Crippen molar-refractivity contribution >= 4 is 51.3 Å². The normalized spacial score (nSPS) is 17.7. The molecule has 182 valence electrons. The number of hydrogen-bond acceptors (Lipinski definition) is 4. The van der Waals surface area contributed by atoms with E-state index in [1.165, 1.54) is 11.3 Å². The molecule has 5 rings (SSSR count). The summed E-state index contributed by atoms with van der Waals surface area (Å²) in [5, 5.41) is 4.93. The van der Waals surface area contributed by atoms with Crippen molar-refractivity contribution in [3.8, 4) is 11.1 Å². The van der Waals surface area contributed by atoms with Crippen molar-refractivity contribution in [1.29, 1.82) is 0 Å². The van der Waals surface area contributed by atoms with Crippen molar-refractivity contribution in [3.05, 3.63) is 88.5 Å². The first-order valence-electron chi connectivity index (χ1n) is 11.8. The minimum atomic E-state index is 0. The Morgan fingerprint density at radius 2 is 1.77 bits per heavy atom. The van der Waals surface area contributed by atoms with Gasteiger partial charge in [0.15, 0.2) is 0 Å². The molecule has 0 saturated heterocycles. The predicted octanol–water partition coefficient (Wildman–Crippen LogP) is 7.21. The summed E-state index contributed by atoms with van der Waals surface area (Å²) in [6.45, 7) is 0.567. The van der Waals surface area contributed by atoms with E-state index >= 15 is 0 Å². The van der Waals surface area contributed by atoms with Crippen LogP contribution in [0.1, 0.15) is 40.9 Å². The minimum Gasteiger partial charge on any atom is -0.331 e. The topological polar surface area (TPSA) is 45.2 Å². The third kappa shape index (κ3) is 5.54. The molecule has 1 saturated carbocycles. The predicted molar refractivity (Wildman–Crippen MR) is 149 cm³/mol. The molecule has 1 fully saturated rings. The van der Waals surface area contributed by atoms with Gasteiger partial charge in [0.05, 0.1) is 5.02 Å². The van der Waals surface area contributed by atoms with Gasteiger partial charge < -0.3 is 10.2 Å². The zero-order chi connectivity index (χ0) is 23.5. The van der Waals surface area contributed by atoms with Crippen LogP contribution in [-0.4, -0.2) is 34.9 Å². The SMILES string of the molecule is CNC1CCC(N(Cc2cccc(-c3ccncc3)c2)C(=O)c2sc3ccccc3c2Cl)CC1.Cl. The summed E-state index contributed by atoms with van der Waals surface area (Å²) in [5.41, 5.74) is 3.37. The molecule has 0 unspecified atom stereocenters. The molecular weight excluding hydrogens is 497 g/mol. The Bertz CT molecular complexity index is 1290. The number of amides is 1. The van der Waals surface area contributed by atoms with Crippen molar-refractivity contribution < 1.29 is 4.79 Å². The molecule has 0 spiro atoms. The number of carbonyl (C=O) groups is 1. The summed E-state index contributed by atoms with van der Waals surface area (Å²) in [4.78, 5) is 20.8. The molecule has 4 nitrogen and oxygen atoms in total. The quantitative estimate of drug-likeness (QED) is 0.289. The number of fused-ring (bicyclic) bond motifs is 1. The van der Waals surface area contributed by atoms with Crippen LogP contribution in [0.25, 0.3) is 21.2 Å². The van der Waals surface area contributed by atoms with Gasteiger partial charge in [-0.2, -0.15) is 0 Å². The highest BCUT2D eigenvalue weighted by Gasteiger charge is 2.31. The molecule has 0 atom stereocenters. The summed E-state index contributed by atoms with van der Waals surface area (Å²) >= 11 is 8.23. The second kappa shape index (κ2) is 11.5. The van der Waals surface area contributed by atoms with Crippen LogP contribution in [0, 0.1) is 0 Å². The number of hydrogen-bond donors (Lipinski definition) is 1. The number of nitrogens with one attached hydrogen (secondary N) is 1. The van der Waals surface area contributed by atoms with Gasteiger partial charge in [0.25, 0.3) is 5.91 Å². The summed E-state index contributed by atoms with van der Waals surface area (Å²) < 4.78 is 1.05. The maximum Gasteiger partial charge on any atom is 0.266 e. The van der Waals surface area contributed by atoms with Crippen LogP contribution in [-0.2, 0) is 6.54 Å². The fraction of sp³-hybridized carbons (Fsp3) is 0.286. The standard InChI is InChI=1S/C28H28ClN3OS.ClH/c1-30-22-9-11-23(12-10-22)32(28(33)27-26(29)24-7-2-3-8-25(24)34-27)18-19-5-4-6-21(17-19)20-13-15-31-16-14-20;/h2-8,13-17,22-23,30H,9-12,18H2,1H3;1H. The Morgan fingerprint density at radius 1 is 1.03 bits per heavy atom. The molecule has 0 bridgehead atoms. The van der Waals surface area contributed by atoms with E-state index in [9.17, 15) is 4.79 Å². The molecule has 2 aromatic heterocycles. The van der Waals surface area contributed by atoms with Gasteiger partial charge >= 0.3 is 0 Å². The molecule has 7 heteroatoms. The van der Waals surface area contributed by atoms with Crippen LogP contribution in [0.5, 0.6) is 0 Å². The molecule has 4 aromatic rings. The van der Waals surface area contributed by atoms with Crippen LogP contribution in [0.4, 0.5) is 0 Å². The Morgan fingerprint density at radius 3 is 2.49 bits per heavy atom. The van der Waals surface area contributed by atoms with Crippen LogP contribution < -0.4 is 5.32 Å². The van der Waals surface area contributed by atoms with Crippen molar-refractivity contribution in [2.45, 2.75) is 44.3 Å². The average molecular weight is 527 g/mol. The van der Waals surface area contributed by atoms with E-state index in [1.54, 1.807) is 0 Å². The van der Waals surface area contributed by atoms with Gasteiger partial charge in [0, 0.05) is 41.1 Å². The molecule has 0 aliphatic heterocycles. The fourth-order valence-electron chi connectivity index (χ4n) is 4.92. The van der Waals surface area contributed by atoms with Gasteiger partial charge in [-0.3, -0.25) is 9.78 Å². The number of halogens is 2. The highest BCUT2D eigenvalue weighted by atomic mass is 35.5. The van der Waals surface area contributed by atoms with Crippen LogP contribution in [0.3, 0.4) is 0 Å². The smallest absolute Gasteiger partial charge is 0.266 e. The Hall–Kier alpha value is -2.44. The lowest BCUT2D eigenvalue weighted by Gasteiger charge is -2.37. The highest BCUT2D eigenvalue weighted by Crippen LogP contribution is 2.37. The van der Waals surface area contributed by atoms with E-state index < -0.39 is 0 Å².